The van der Waals surface area contributed by atoms with E-state index >= 15 is 0 Å². The van der Waals surface area contributed by atoms with Crippen LogP contribution in [-0.2, 0) is 4.79 Å². The lowest BCUT2D eigenvalue weighted by Crippen LogP contribution is -2.21. The molecule has 2 amide bonds. The Morgan fingerprint density at radius 3 is 2.74 bits per heavy atom. The van der Waals surface area contributed by atoms with Crippen molar-refractivity contribution in [3.63, 3.8) is 0 Å². The maximum absolute atomic E-state index is 12.0. The minimum Gasteiger partial charge on any atom is -0.325 e. The second kappa shape index (κ2) is 7.89. The maximum atomic E-state index is 12.0. The molecule has 2 N–H and O–H groups in total. The summed E-state index contributed by atoms with van der Waals surface area (Å²) >= 11 is 7.34. The fourth-order valence-corrected chi connectivity index (χ4v) is 2.61. The Labute approximate surface area is 143 Å². The zero-order valence-electron chi connectivity index (χ0n) is 12.7. The number of hydrogen-bond acceptors (Lipinski definition) is 4. The number of hydrogen-bond donors (Lipinski definition) is 2. The molecule has 1 aromatic carbocycles. The van der Waals surface area contributed by atoms with Gasteiger partial charge in [-0.05, 0) is 43.0 Å². The van der Waals surface area contributed by atoms with Crippen LogP contribution in [0.25, 0.3) is 0 Å². The van der Waals surface area contributed by atoms with Gasteiger partial charge in [0.25, 0.3) is 5.91 Å². The molecule has 0 aliphatic rings. The Bertz CT molecular complexity index is 742. The second-order valence-corrected chi connectivity index (χ2v) is 6.26. The summed E-state index contributed by atoms with van der Waals surface area (Å²) in [7, 11) is 0. The third kappa shape index (κ3) is 4.91. The van der Waals surface area contributed by atoms with Crippen molar-refractivity contribution >= 4 is 46.2 Å². The van der Waals surface area contributed by atoms with Crippen LogP contribution >= 0.6 is 22.9 Å². The van der Waals surface area contributed by atoms with Gasteiger partial charge in [0.15, 0.2) is 0 Å². The summed E-state index contributed by atoms with van der Waals surface area (Å²) in [6.07, 6.45) is 0.0800. The van der Waals surface area contributed by atoms with Gasteiger partial charge in [0, 0.05) is 16.4 Å². The van der Waals surface area contributed by atoms with E-state index < -0.39 is 0 Å². The fourth-order valence-electron chi connectivity index (χ4n) is 1.82. The number of halogens is 1. The molecule has 0 unspecified atom stereocenters. The summed E-state index contributed by atoms with van der Waals surface area (Å²) in [5.41, 5.74) is 4.41. The van der Waals surface area contributed by atoms with Crippen molar-refractivity contribution in [2.75, 3.05) is 5.32 Å². The van der Waals surface area contributed by atoms with E-state index in [0.717, 1.165) is 5.56 Å². The number of rotatable bonds is 5. The van der Waals surface area contributed by atoms with Gasteiger partial charge in [-0.3, -0.25) is 9.59 Å². The minimum atomic E-state index is -0.287. The van der Waals surface area contributed by atoms with E-state index in [4.69, 9.17) is 11.6 Å². The fraction of sp³-hybridized carbons (Fsp3) is 0.188. The molecule has 0 spiro atoms. The lowest BCUT2D eigenvalue weighted by Gasteiger charge is -2.09. The highest BCUT2D eigenvalue weighted by atomic mass is 35.5. The lowest BCUT2D eigenvalue weighted by molar-refractivity contribution is -0.115. The molecule has 0 fully saturated rings. The van der Waals surface area contributed by atoms with Gasteiger partial charge >= 0.3 is 0 Å². The van der Waals surface area contributed by atoms with Crippen molar-refractivity contribution < 1.29 is 9.59 Å². The van der Waals surface area contributed by atoms with Gasteiger partial charge in [0.05, 0.1) is 11.3 Å². The molecular weight excluding hydrogens is 334 g/mol. The lowest BCUT2D eigenvalue weighted by atomic mass is 10.2. The van der Waals surface area contributed by atoms with Crippen LogP contribution in [0.2, 0.25) is 5.02 Å². The molecule has 23 heavy (non-hydrogen) atoms. The highest BCUT2D eigenvalue weighted by molar-refractivity contribution is 7.12. The summed E-state index contributed by atoms with van der Waals surface area (Å²) in [6, 6.07) is 8.81. The Morgan fingerprint density at radius 1 is 1.26 bits per heavy atom. The van der Waals surface area contributed by atoms with E-state index in [1.807, 2.05) is 12.3 Å². The molecule has 7 heteroatoms. The van der Waals surface area contributed by atoms with Crippen molar-refractivity contribution in [3.8, 4) is 0 Å². The number of nitrogens with one attached hydrogen (secondary N) is 2. The Balaban J connectivity index is 1.90. The SMILES string of the molecule is CC(CC(=O)Nc1cccc(Cl)c1C)=NNC(=O)c1cccs1. The molecule has 0 saturated carbocycles. The van der Waals surface area contributed by atoms with Gasteiger partial charge in [-0.25, -0.2) is 5.43 Å². The molecule has 1 heterocycles. The Hall–Kier alpha value is -2.18. The van der Waals surface area contributed by atoms with Gasteiger partial charge < -0.3 is 5.32 Å². The zero-order valence-corrected chi connectivity index (χ0v) is 14.3. The smallest absolute Gasteiger partial charge is 0.281 e. The van der Waals surface area contributed by atoms with Crippen LogP contribution in [0.4, 0.5) is 5.69 Å². The number of anilines is 1. The van der Waals surface area contributed by atoms with Crippen LogP contribution in [0.1, 0.15) is 28.6 Å². The minimum absolute atomic E-state index is 0.0800. The monoisotopic (exact) mass is 349 g/mol. The topological polar surface area (TPSA) is 70.6 Å². The van der Waals surface area contributed by atoms with Gasteiger partial charge in [-0.15, -0.1) is 11.3 Å². The van der Waals surface area contributed by atoms with Crippen molar-refractivity contribution in [1.82, 2.24) is 5.43 Å². The van der Waals surface area contributed by atoms with Crippen LogP contribution in [0, 0.1) is 6.92 Å². The third-order valence-electron chi connectivity index (χ3n) is 3.05. The van der Waals surface area contributed by atoms with Crippen molar-refractivity contribution in [2.24, 2.45) is 5.10 Å². The first-order chi connectivity index (χ1) is 11.0. The van der Waals surface area contributed by atoms with E-state index in [0.29, 0.717) is 21.3 Å². The molecule has 120 valence electrons. The Morgan fingerprint density at radius 2 is 2.04 bits per heavy atom. The number of nitrogens with zero attached hydrogens (tertiary/aromatic N) is 1. The second-order valence-electron chi connectivity index (χ2n) is 4.90. The quantitative estimate of drug-likeness (QED) is 0.636. The summed E-state index contributed by atoms with van der Waals surface area (Å²) < 4.78 is 0. The number of carbonyl (C=O) groups excluding carboxylic acids is 2. The number of amides is 2. The van der Waals surface area contributed by atoms with Gasteiger partial charge in [0.2, 0.25) is 5.91 Å². The zero-order chi connectivity index (χ0) is 16.8. The van der Waals surface area contributed by atoms with Crippen LogP contribution in [-0.4, -0.2) is 17.5 Å². The standard InChI is InChI=1S/C16H16ClN3O2S/c1-10(19-20-16(22)14-7-4-8-23-14)9-15(21)18-13-6-3-5-12(17)11(13)2/h3-8H,9H2,1-2H3,(H,18,21)(H,20,22). The normalized spacial score (nSPS) is 11.2. The molecule has 0 bridgehead atoms. The average molecular weight is 350 g/mol. The summed E-state index contributed by atoms with van der Waals surface area (Å²) in [5.74, 6) is -0.507. The molecule has 0 saturated heterocycles. The first-order valence-electron chi connectivity index (χ1n) is 6.89. The van der Waals surface area contributed by atoms with Crippen molar-refractivity contribution in [2.45, 2.75) is 20.3 Å². The van der Waals surface area contributed by atoms with Gasteiger partial charge in [0.1, 0.15) is 0 Å². The number of thiophene rings is 1. The van der Waals surface area contributed by atoms with Gasteiger partial charge in [-0.2, -0.15) is 5.10 Å². The van der Waals surface area contributed by atoms with Crippen molar-refractivity contribution in [3.05, 3.63) is 51.2 Å². The van der Waals surface area contributed by atoms with Crippen LogP contribution in [0.3, 0.4) is 0 Å². The Kier molecular flexibility index (Phi) is 5.90. The molecule has 5 nitrogen and oxygen atoms in total. The predicted molar refractivity (Wildman–Crippen MR) is 94.3 cm³/mol. The highest BCUT2D eigenvalue weighted by Gasteiger charge is 2.09. The summed E-state index contributed by atoms with van der Waals surface area (Å²) in [4.78, 5) is 24.3. The number of hydrazone groups is 1. The largest absolute Gasteiger partial charge is 0.325 e. The van der Waals surface area contributed by atoms with Gasteiger partial charge in [-0.1, -0.05) is 23.7 Å². The number of benzene rings is 1. The molecule has 0 radical (unpaired) electrons. The summed E-state index contributed by atoms with van der Waals surface area (Å²) in [5, 5.41) is 9.13. The summed E-state index contributed by atoms with van der Waals surface area (Å²) in [6.45, 7) is 3.51. The predicted octanol–water partition coefficient (Wildman–Crippen LogP) is 3.84. The first kappa shape index (κ1) is 17.2. The third-order valence-corrected chi connectivity index (χ3v) is 4.33. The molecule has 0 aliphatic heterocycles. The van der Waals surface area contributed by atoms with Crippen LogP contribution < -0.4 is 10.7 Å². The van der Waals surface area contributed by atoms with Crippen LogP contribution in [0.5, 0.6) is 0 Å². The molecule has 1 aromatic heterocycles. The molecule has 0 atom stereocenters. The molecule has 2 aromatic rings. The molecular formula is C16H16ClN3O2S. The number of carbonyl (C=O) groups is 2. The van der Waals surface area contributed by atoms with E-state index in [2.05, 4.69) is 15.8 Å². The van der Waals surface area contributed by atoms with Crippen LogP contribution in [0.15, 0.2) is 40.8 Å². The van der Waals surface area contributed by atoms with Crippen molar-refractivity contribution in [1.29, 1.82) is 0 Å². The van der Waals surface area contributed by atoms with E-state index in [-0.39, 0.29) is 18.2 Å². The van der Waals surface area contributed by atoms with E-state index in [1.165, 1.54) is 11.3 Å². The highest BCUT2D eigenvalue weighted by Crippen LogP contribution is 2.22. The molecule has 0 aliphatic carbocycles. The molecule has 2 rings (SSSR count). The van der Waals surface area contributed by atoms with E-state index in [9.17, 15) is 9.59 Å². The average Bonchev–Trinajstić information content (AvgIpc) is 3.04. The maximum Gasteiger partial charge on any atom is 0.281 e. The van der Waals surface area contributed by atoms with E-state index in [1.54, 1.807) is 37.3 Å². The first-order valence-corrected chi connectivity index (χ1v) is 8.15.